The van der Waals surface area contributed by atoms with Gasteiger partial charge < -0.3 is 15.0 Å². The number of carbonyl (C=O) groups excluding carboxylic acids is 2. The summed E-state index contributed by atoms with van der Waals surface area (Å²) < 4.78 is 6.00. The number of ether oxygens (including phenoxy) is 1. The monoisotopic (exact) mass is 458 g/mol. The molecule has 0 heterocycles. The Balaban J connectivity index is 1.90. The number of benzene rings is 3. The molecule has 1 N–H and O–H groups in total. The maximum absolute atomic E-state index is 13.6. The summed E-state index contributed by atoms with van der Waals surface area (Å²) in [4.78, 5) is 28.2. The van der Waals surface area contributed by atoms with Gasteiger partial charge in [-0.3, -0.25) is 9.59 Å². The highest BCUT2D eigenvalue weighted by Gasteiger charge is 2.30. The van der Waals surface area contributed by atoms with E-state index in [1.54, 1.807) is 11.9 Å². The number of nitrogens with one attached hydrogen (secondary N) is 1. The van der Waals surface area contributed by atoms with E-state index in [2.05, 4.69) is 19.2 Å². The normalized spacial score (nSPS) is 11.7. The van der Waals surface area contributed by atoms with Gasteiger partial charge in [-0.25, -0.2) is 0 Å². The second-order valence-corrected chi connectivity index (χ2v) is 8.75. The van der Waals surface area contributed by atoms with Gasteiger partial charge in [0.25, 0.3) is 5.91 Å². The second-order valence-electron chi connectivity index (χ2n) is 8.75. The molecule has 3 aromatic rings. The topological polar surface area (TPSA) is 58.6 Å². The van der Waals surface area contributed by atoms with Crippen LogP contribution >= 0.6 is 0 Å². The molecule has 3 rings (SSSR count). The average molecular weight is 459 g/mol. The van der Waals surface area contributed by atoms with Crippen LogP contribution < -0.4 is 10.1 Å². The summed E-state index contributed by atoms with van der Waals surface area (Å²) in [5.41, 5.74) is 4.11. The highest BCUT2D eigenvalue weighted by atomic mass is 16.5. The van der Waals surface area contributed by atoms with Crippen molar-refractivity contribution < 1.29 is 14.3 Å². The highest BCUT2D eigenvalue weighted by Crippen LogP contribution is 2.26. The molecule has 0 fully saturated rings. The lowest BCUT2D eigenvalue weighted by Crippen LogP contribution is -2.51. The number of rotatable bonds is 10. The Bertz CT molecular complexity index is 1100. The minimum atomic E-state index is -0.663. The molecule has 0 bridgehead atoms. The van der Waals surface area contributed by atoms with Gasteiger partial charge in [-0.05, 0) is 41.2 Å². The lowest BCUT2D eigenvalue weighted by atomic mass is 10.0. The fourth-order valence-corrected chi connectivity index (χ4v) is 4.00. The molecule has 5 nitrogen and oxygen atoms in total. The van der Waals surface area contributed by atoms with Crippen molar-refractivity contribution in [3.05, 3.63) is 101 Å². The van der Waals surface area contributed by atoms with Crippen LogP contribution in [0.3, 0.4) is 0 Å². The quantitative estimate of drug-likeness (QED) is 0.471. The minimum absolute atomic E-state index is 0.141. The van der Waals surface area contributed by atoms with Crippen LogP contribution in [0.2, 0.25) is 0 Å². The SMILES string of the molecule is CNC(=O)[C@@H](Cc1ccccc1)N(Cc1ccccc1C)C(=O)COc1ccccc1C(C)C. The third-order valence-corrected chi connectivity index (χ3v) is 6.01. The number of carbonyl (C=O) groups is 2. The van der Waals surface area contributed by atoms with Crippen LogP contribution in [0.25, 0.3) is 0 Å². The van der Waals surface area contributed by atoms with Gasteiger partial charge in [-0.1, -0.05) is 86.6 Å². The van der Waals surface area contributed by atoms with Crippen molar-refractivity contribution >= 4 is 11.8 Å². The molecule has 0 saturated heterocycles. The zero-order valence-corrected chi connectivity index (χ0v) is 20.5. The van der Waals surface area contributed by atoms with Crippen LogP contribution in [0.15, 0.2) is 78.9 Å². The highest BCUT2D eigenvalue weighted by molar-refractivity contribution is 5.88. The van der Waals surface area contributed by atoms with Gasteiger partial charge in [-0.2, -0.15) is 0 Å². The zero-order chi connectivity index (χ0) is 24.5. The second kappa shape index (κ2) is 12.0. The van der Waals surface area contributed by atoms with E-state index in [0.717, 1.165) is 22.3 Å². The summed E-state index contributed by atoms with van der Waals surface area (Å²) in [5, 5.41) is 2.75. The largest absolute Gasteiger partial charge is 0.483 e. The van der Waals surface area contributed by atoms with E-state index in [1.165, 1.54) is 0 Å². The molecule has 0 aliphatic heterocycles. The summed E-state index contributed by atoms with van der Waals surface area (Å²) in [5.74, 6) is 0.534. The Morgan fingerprint density at radius 2 is 1.56 bits per heavy atom. The van der Waals surface area contributed by atoms with Gasteiger partial charge in [-0.15, -0.1) is 0 Å². The fraction of sp³-hybridized carbons (Fsp3) is 0.310. The third-order valence-electron chi connectivity index (χ3n) is 6.01. The molecule has 0 aromatic heterocycles. The van der Waals surface area contributed by atoms with Crippen LogP contribution in [0.5, 0.6) is 5.75 Å². The van der Waals surface area contributed by atoms with Crippen LogP contribution in [0.4, 0.5) is 0 Å². The van der Waals surface area contributed by atoms with Crippen molar-refractivity contribution in [1.82, 2.24) is 10.2 Å². The molecule has 3 aromatic carbocycles. The van der Waals surface area contributed by atoms with E-state index >= 15 is 0 Å². The standard InChI is InChI=1S/C29H34N2O3/c1-21(2)25-16-10-11-17-27(25)34-20-28(32)31(19-24-15-9-8-12-22(24)3)26(29(33)30-4)18-23-13-6-5-7-14-23/h5-17,21,26H,18-20H2,1-4H3,(H,30,33)/t26-/m1/s1. The maximum Gasteiger partial charge on any atom is 0.261 e. The first kappa shape index (κ1) is 25.0. The summed E-state index contributed by atoms with van der Waals surface area (Å²) in [6.07, 6.45) is 0.417. The van der Waals surface area contributed by atoms with Crippen LogP contribution in [-0.2, 0) is 22.6 Å². The Labute approximate surface area is 202 Å². The smallest absolute Gasteiger partial charge is 0.261 e. The Morgan fingerprint density at radius 1 is 0.912 bits per heavy atom. The van der Waals surface area contributed by atoms with E-state index in [1.807, 2.05) is 85.8 Å². The van der Waals surface area contributed by atoms with Gasteiger partial charge >= 0.3 is 0 Å². The number of aryl methyl sites for hydroxylation is 1. The molecule has 5 heteroatoms. The van der Waals surface area contributed by atoms with Gasteiger partial charge in [0.1, 0.15) is 11.8 Å². The predicted molar refractivity (Wildman–Crippen MR) is 136 cm³/mol. The summed E-state index contributed by atoms with van der Waals surface area (Å²) >= 11 is 0. The van der Waals surface area contributed by atoms with Crippen LogP contribution in [0.1, 0.15) is 42.0 Å². The summed E-state index contributed by atoms with van der Waals surface area (Å²) in [6.45, 7) is 6.38. The van der Waals surface area contributed by atoms with Gasteiger partial charge in [0.2, 0.25) is 5.91 Å². The fourth-order valence-electron chi connectivity index (χ4n) is 4.00. The van der Waals surface area contributed by atoms with Crippen molar-refractivity contribution in [2.75, 3.05) is 13.7 Å². The molecule has 0 aliphatic carbocycles. The minimum Gasteiger partial charge on any atom is -0.483 e. The van der Waals surface area contributed by atoms with Gasteiger partial charge in [0.15, 0.2) is 6.61 Å². The Morgan fingerprint density at radius 3 is 2.24 bits per heavy atom. The first-order valence-corrected chi connectivity index (χ1v) is 11.7. The number of amides is 2. The van der Waals surface area contributed by atoms with Crippen molar-refractivity contribution in [2.45, 2.75) is 45.7 Å². The van der Waals surface area contributed by atoms with Crippen LogP contribution in [-0.4, -0.2) is 36.4 Å². The molecule has 0 saturated carbocycles. The molecule has 1 atom stereocenters. The van der Waals surface area contributed by atoms with Gasteiger partial charge in [0, 0.05) is 20.0 Å². The van der Waals surface area contributed by atoms with Gasteiger partial charge in [0.05, 0.1) is 0 Å². The van der Waals surface area contributed by atoms with E-state index in [-0.39, 0.29) is 24.3 Å². The number of hydrogen-bond acceptors (Lipinski definition) is 3. The lowest BCUT2D eigenvalue weighted by Gasteiger charge is -2.31. The predicted octanol–water partition coefficient (Wildman–Crippen LogP) is 4.88. The molecule has 0 spiro atoms. The van der Waals surface area contributed by atoms with Crippen molar-refractivity contribution in [1.29, 1.82) is 0 Å². The molecule has 2 amide bonds. The first-order chi connectivity index (χ1) is 16.4. The van der Waals surface area contributed by atoms with E-state index in [4.69, 9.17) is 4.74 Å². The molecule has 178 valence electrons. The van der Waals surface area contributed by atoms with Crippen molar-refractivity contribution in [3.8, 4) is 5.75 Å². The average Bonchev–Trinajstić information content (AvgIpc) is 2.86. The third kappa shape index (κ3) is 6.47. The van der Waals surface area contributed by atoms with E-state index < -0.39 is 6.04 Å². The molecular weight excluding hydrogens is 424 g/mol. The maximum atomic E-state index is 13.6. The van der Waals surface area contributed by atoms with Crippen molar-refractivity contribution in [2.24, 2.45) is 0 Å². The molecule has 0 unspecified atom stereocenters. The number of hydrogen-bond donors (Lipinski definition) is 1. The van der Waals surface area contributed by atoms with E-state index in [0.29, 0.717) is 18.7 Å². The van der Waals surface area contributed by atoms with Crippen molar-refractivity contribution in [3.63, 3.8) is 0 Å². The molecular formula is C29H34N2O3. The summed E-state index contributed by atoms with van der Waals surface area (Å²) in [7, 11) is 1.60. The molecule has 34 heavy (non-hydrogen) atoms. The zero-order valence-electron chi connectivity index (χ0n) is 20.5. The molecule has 0 radical (unpaired) electrons. The molecule has 0 aliphatic rings. The first-order valence-electron chi connectivity index (χ1n) is 11.7. The Kier molecular flexibility index (Phi) is 8.86. The number of para-hydroxylation sites is 1. The van der Waals surface area contributed by atoms with Crippen LogP contribution in [0, 0.1) is 6.92 Å². The number of likely N-dealkylation sites (N-methyl/N-ethyl adjacent to an activating group) is 1. The lowest BCUT2D eigenvalue weighted by molar-refractivity contribution is -0.142. The number of nitrogens with zero attached hydrogens (tertiary/aromatic N) is 1. The Hall–Kier alpha value is -3.60. The van der Waals surface area contributed by atoms with E-state index in [9.17, 15) is 9.59 Å². The summed E-state index contributed by atoms with van der Waals surface area (Å²) in [6, 6.07) is 24.8.